The molecule has 0 amide bonds. The summed E-state index contributed by atoms with van der Waals surface area (Å²) in [6, 6.07) is 8.41. The van der Waals surface area contributed by atoms with E-state index in [4.69, 9.17) is 9.97 Å². The molecule has 2 aromatic heterocycles. The maximum atomic E-state index is 5.07. The highest BCUT2D eigenvalue weighted by molar-refractivity contribution is 7.17. The van der Waals surface area contributed by atoms with Crippen LogP contribution in [0.25, 0.3) is 38.1 Å². The molecule has 25 heavy (non-hydrogen) atoms. The van der Waals surface area contributed by atoms with Gasteiger partial charge in [0.1, 0.15) is 0 Å². The first-order valence-corrected chi connectivity index (χ1v) is 9.33. The van der Waals surface area contributed by atoms with E-state index >= 15 is 0 Å². The maximum Gasteiger partial charge on any atom is 0.0887 e. The number of likely N-dealkylation sites (N-methyl/N-ethyl adjacent to an activating group) is 1. The lowest BCUT2D eigenvalue weighted by Gasteiger charge is -2.25. The van der Waals surface area contributed by atoms with E-state index in [1.165, 1.54) is 32.3 Å². The van der Waals surface area contributed by atoms with Crippen LogP contribution in [0, 0.1) is 0 Å². The highest BCUT2D eigenvalue weighted by atomic mass is 32.1. The second-order valence-corrected chi connectivity index (χ2v) is 7.26. The maximum absolute atomic E-state index is 5.07. The van der Waals surface area contributed by atoms with E-state index in [1.807, 2.05) is 12.6 Å². The molecule has 124 valence electrons. The summed E-state index contributed by atoms with van der Waals surface area (Å²) >= 11 is 1.72. The van der Waals surface area contributed by atoms with Gasteiger partial charge in [-0.15, -0.1) is 11.3 Å². The van der Waals surface area contributed by atoms with E-state index in [0.717, 1.165) is 29.5 Å². The summed E-state index contributed by atoms with van der Waals surface area (Å²) < 4.78 is 1.25. The second kappa shape index (κ2) is 5.51. The van der Waals surface area contributed by atoms with Gasteiger partial charge in [0, 0.05) is 29.6 Å². The summed E-state index contributed by atoms with van der Waals surface area (Å²) in [5.74, 6) is 0. The van der Waals surface area contributed by atoms with Gasteiger partial charge in [-0.2, -0.15) is 0 Å². The van der Waals surface area contributed by atoms with Gasteiger partial charge < -0.3 is 10.2 Å². The van der Waals surface area contributed by atoms with Crippen molar-refractivity contribution in [1.29, 1.82) is 0 Å². The minimum absolute atomic E-state index is 0.913. The Bertz CT molecular complexity index is 1160. The normalized spacial score (nSPS) is 13.4. The van der Waals surface area contributed by atoms with Crippen molar-refractivity contribution in [3.8, 4) is 0 Å². The SMILES string of the molecule is CNCCc1c2ncsc2c2c3c(c4ccccc4nc13)C=CN2C. The van der Waals surface area contributed by atoms with Crippen LogP contribution in [0.1, 0.15) is 11.1 Å². The third-order valence-electron chi connectivity index (χ3n) is 4.97. The Morgan fingerprint density at radius 1 is 1.20 bits per heavy atom. The Hall–Kier alpha value is -2.50. The standard InChI is InChI=1S/C20H18N4S/c1-21-9-7-14-17-16-13(12-5-3-4-6-15(12)23-17)8-10-24(2)19(16)20-18(14)22-11-25-20/h3-6,8,10-11,21H,7,9H2,1-2H3. The van der Waals surface area contributed by atoms with E-state index in [-0.39, 0.29) is 0 Å². The van der Waals surface area contributed by atoms with Crippen LogP contribution in [0.3, 0.4) is 0 Å². The average Bonchev–Trinajstić information content (AvgIpc) is 3.11. The quantitative estimate of drug-likeness (QED) is 0.565. The Morgan fingerprint density at radius 2 is 2.08 bits per heavy atom. The van der Waals surface area contributed by atoms with Crippen molar-refractivity contribution in [2.75, 3.05) is 25.5 Å². The molecular weight excluding hydrogens is 328 g/mol. The van der Waals surface area contributed by atoms with Crippen LogP contribution < -0.4 is 10.2 Å². The van der Waals surface area contributed by atoms with Crippen LogP contribution in [0.5, 0.6) is 0 Å². The van der Waals surface area contributed by atoms with Crippen molar-refractivity contribution in [3.63, 3.8) is 0 Å². The molecule has 0 aliphatic carbocycles. The third kappa shape index (κ3) is 2.03. The minimum atomic E-state index is 0.913. The predicted molar refractivity (Wildman–Crippen MR) is 107 cm³/mol. The first-order valence-electron chi connectivity index (χ1n) is 8.45. The molecule has 4 aromatic rings. The molecule has 0 saturated carbocycles. The topological polar surface area (TPSA) is 41.1 Å². The monoisotopic (exact) mass is 346 g/mol. The molecule has 5 heteroatoms. The largest absolute Gasteiger partial charge is 0.349 e. The number of fused-ring (bicyclic) bond motifs is 4. The van der Waals surface area contributed by atoms with Crippen LogP contribution in [0.2, 0.25) is 0 Å². The number of hydrogen-bond acceptors (Lipinski definition) is 5. The van der Waals surface area contributed by atoms with E-state index in [1.54, 1.807) is 11.3 Å². The van der Waals surface area contributed by atoms with Crippen molar-refractivity contribution in [3.05, 3.63) is 47.1 Å². The van der Waals surface area contributed by atoms with Gasteiger partial charge in [0.05, 0.1) is 32.4 Å². The molecule has 0 spiro atoms. The van der Waals surface area contributed by atoms with Crippen LogP contribution in [0.15, 0.2) is 36.0 Å². The summed E-state index contributed by atoms with van der Waals surface area (Å²) in [6.45, 7) is 0.913. The number of benzene rings is 2. The molecule has 1 N–H and O–H groups in total. The summed E-state index contributed by atoms with van der Waals surface area (Å²) in [5, 5.41) is 5.73. The summed E-state index contributed by atoms with van der Waals surface area (Å²) in [6.07, 6.45) is 5.29. The van der Waals surface area contributed by atoms with Gasteiger partial charge in [0.15, 0.2) is 0 Å². The average molecular weight is 346 g/mol. The molecule has 0 radical (unpaired) electrons. The van der Waals surface area contributed by atoms with Gasteiger partial charge in [0.25, 0.3) is 0 Å². The molecule has 3 heterocycles. The minimum Gasteiger partial charge on any atom is -0.349 e. The van der Waals surface area contributed by atoms with Gasteiger partial charge in [0.2, 0.25) is 0 Å². The lowest BCUT2D eigenvalue weighted by Crippen LogP contribution is -2.15. The number of para-hydroxylation sites is 1. The number of nitrogens with zero attached hydrogens (tertiary/aromatic N) is 3. The van der Waals surface area contributed by atoms with Crippen molar-refractivity contribution in [1.82, 2.24) is 15.3 Å². The number of anilines is 1. The molecule has 0 fully saturated rings. The zero-order valence-electron chi connectivity index (χ0n) is 14.2. The van der Waals surface area contributed by atoms with Crippen LogP contribution >= 0.6 is 11.3 Å². The molecule has 0 bridgehead atoms. The number of rotatable bonds is 3. The molecule has 1 aliphatic heterocycles. The molecule has 1 aliphatic rings. The predicted octanol–water partition coefficient (Wildman–Crippen LogP) is 4.18. The molecule has 4 nitrogen and oxygen atoms in total. The van der Waals surface area contributed by atoms with Crippen LogP contribution in [-0.4, -0.2) is 30.6 Å². The lowest BCUT2D eigenvalue weighted by molar-refractivity contribution is 0.796. The number of nitrogens with one attached hydrogen (secondary N) is 1. The molecule has 5 rings (SSSR count). The van der Waals surface area contributed by atoms with Gasteiger partial charge in [-0.05, 0) is 37.7 Å². The van der Waals surface area contributed by atoms with E-state index in [2.05, 4.69) is 53.8 Å². The zero-order valence-corrected chi connectivity index (χ0v) is 15.0. The van der Waals surface area contributed by atoms with Crippen molar-refractivity contribution in [2.24, 2.45) is 0 Å². The summed E-state index contributed by atoms with van der Waals surface area (Å²) in [4.78, 5) is 12.0. The van der Waals surface area contributed by atoms with E-state index < -0.39 is 0 Å². The smallest absolute Gasteiger partial charge is 0.0887 e. The van der Waals surface area contributed by atoms with Gasteiger partial charge in [-0.25, -0.2) is 9.97 Å². The van der Waals surface area contributed by atoms with Gasteiger partial charge in [-0.1, -0.05) is 18.2 Å². The fourth-order valence-electron chi connectivity index (χ4n) is 3.81. The molecule has 0 unspecified atom stereocenters. The Balaban J connectivity index is 2.04. The number of hydrogen-bond donors (Lipinski definition) is 1. The Kier molecular flexibility index (Phi) is 3.26. The third-order valence-corrected chi connectivity index (χ3v) is 5.80. The Labute approximate surface area is 149 Å². The molecule has 0 saturated heterocycles. The highest BCUT2D eigenvalue weighted by Gasteiger charge is 2.24. The fourth-order valence-corrected chi connectivity index (χ4v) is 4.72. The van der Waals surface area contributed by atoms with Crippen molar-refractivity contribution >= 4 is 55.1 Å². The van der Waals surface area contributed by atoms with E-state index in [0.29, 0.717) is 0 Å². The van der Waals surface area contributed by atoms with Crippen LogP contribution in [-0.2, 0) is 6.42 Å². The summed E-state index contributed by atoms with van der Waals surface area (Å²) in [5.41, 5.74) is 8.94. The van der Waals surface area contributed by atoms with Crippen LogP contribution in [0.4, 0.5) is 5.69 Å². The van der Waals surface area contributed by atoms with E-state index in [9.17, 15) is 0 Å². The zero-order chi connectivity index (χ0) is 17.0. The first kappa shape index (κ1) is 14.8. The molecule has 2 aromatic carbocycles. The van der Waals surface area contributed by atoms with Crippen molar-refractivity contribution in [2.45, 2.75) is 6.42 Å². The first-order chi connectivity index (χ1) is 12.3. The number of pyridine rings is 1. The summed E-state index contributed by atoms with van der Waals surface area (Å²) in [7, 11) is 4.10. The van der Waals surface area contributed by atoms with Gasteiger partial charge >= 0.3 is 0 Å². The van der Waals surface area contributed by atoms with Gasteiger partial charge in [-0.3, -0.25) is 0 Å². The molecular formula is C20H18N4S. The molecule has 0 atom stereocenters. The van der Waals surface area contributed by atoms with Crippen molar-refractivity contribution < 1.29 is 0 Å². The Morgan fingerprint density at radius 3 is 2.96 bits per heavy atom. The highest BCUT2D eigenvalue weighted by Crippen LogP contribution is 2.45. The number of aromatic nitrogens is 2. The number of thiazole rings is 1. The lowest BCUT2D eigenvalue weighted by atomic mass is 9.94. The fraction of sp³-hybridized carbons (Fsp3) is 0.200. The second-order valence-electron chi connectivity index (χ2n) is 6.40.